The second kappa shape index (κ2) is 11.5. The second-order valence-corrected chi connectivity index (χ2v) is 14.2. The first kappa shape index (κ1) is 30.0. The van der Waals surface area contributed by atoms with Gasteiger partial charge in [0.1, 0.15) is 16.9 Å². The molecule has 0 radical (unpaired) electrons. The number of nitrogens with zero attached hydrogens (tertiary/aromatic N) is 4. The maximum absolute atomic E-state index is 6.20. The van der Waals surface area contributed by atoms with Gasteiger partial charge < -0.3 is 8.98 Å². The number of hydrogen-bond acceptors (Lipinski definition) is 3. The van der Waals surface area contributed by atoms with E-state index in [1.807, 2.05) is 36.4 Å². The van der Waals surface area contributed by atoms with E-state index in [0.717, 1.165) is 77.7 Å². The van der Waals surface area contributed by atoms with Crippen molar-refractivity contribution in [3.05, 3.63) is 182 Å². The summed E-state index contributed by atoms with van der Waals surface area (Å²) in [6, 6.07) is 64.3. The summed E-state index contributed by atoms with van der Waals surface area (Å²) < 4.78 is 10.9. The lowest BCUT2D eigenvalue weighted by Crippen LogP contribution is -2.03. The van der Waals surface area contributed by atoms with Gasteiger partial charge in [0.15, 0.2) is 5.82 Å². The van der Waals surface area contributed by atoms with Crippen LogP contribution in [0.5, 0.6) is 0 Å². The molecular formula is C50H30N4O. The fraction of sp³-hybridized carbons (Fsp3) is 0. The molecule has 0 aliphatic carbocycles. The fourth-order valence-corrected chi connectivity index (χ4v) is 8.60. The van der Waals surface area contributed by atoms with Crippen molar-refractivity contribution in [1.82, 2.24) is 19.1 Å². The van der Waals surface area contributed by atoms with E-state index in [0.29, 0.717) is 0 Å². The Labute approximate surface area is 315 Å². The number of rotatable bonds is 4. The molecule has 55 heavy (non-hydrogen) atoms. The van der Waals surface area contributed by atoms with E-state index >= 15 is 0 Å². The van der Waals surface area contributed by atoms with Gasteiger partial charge in [-0.2, -0.15) is 0 Å². The topological polar surface area (TPSA) is 48.8 Å². The van der Waals surface area contributed by atoms with Gasteiger partial charge in [-0.3, -0.25) is 4.57 Å². The standard InChI is InChI=1S/C50H30N4O/c1-2-12-34(13-3-1)53-43-19-9-4-14-35(43)38-28-31(22-25-45(38)53)32-23-26-46-39(29-32)36-15-5-10-20-44(36)54(46)50-49(51-41-17-7-8-18-42(41)52-50)33-24-27-48-40(30-33)37-16-6-11-21-47(37)55-48/h1-30H. The Morgan fingerprint density at radius 1 is 0.345 bits per heavy atom. The van der Waals surface area contributed by atoms with Crippen LogP contribution in [0.1, 0.15) is 0 Å². The Bertz CT molecular complexity index is 3500. The van der Waals surface area contributed by atoms with Gasteiger partial charge in [0, 0.05) is 43.6 Å². The van der Waals surface area contributed by atoms with Crippen molar-refractivity contribution in [2.45, 2.75) is 0 Å². The number of hydrogen-bond donors (Lipinski definition) is 0. The van der Waals surface area contributed by atoms with Crippen molar-refractivity contribution in [2.24, 2.45) is 0 Å². The SMILES string of the molecule is c1ccc(-n2c3ccccc3c3cc(-c4ccc5c(c4)c4ccccc4n5-c4nc5ccccc5nc4-c4ccc5oc6ccccc6c5c4)ccc32)cc1. The Morgan fingerprint density at radius 3 is 1.58 bits per heavy atom. The van der Waals surface area contributed by atoms with Crippen LogP contribution in [0.25, 0.3) is 110 Å². The minimum Gasteiger partial charge on any atom is -0.456 e. The normalized spacial score (nSPS) is 12.0. The minimum atomic E-state index is 0.792. The van der Waals surface area contributed by atoms with Crippen LogP contribution in [-0.2, 0) is 0 Å². The lowest BCUT2D eigenvalue weighted by Gasteiger charge is -2.14. The van der Waals surface area contributed by atoms with Crippen LogP contribution in [0.2, 0.25) is 0 Å². The third kappa shape index (κ3) is 4.47. The van der Waals surface area contributed by atoms with Gasteiger partial charge in [0.25, 0.3) is 0 Å². The van der Waals surface area contributed by atoms with Crippen LogP contribution in [-0.4, -0.2) is 19.1 Å². The third-order valence-electron chi connectivity index (χ3n) is 11.1. The summed E-state index contributed by atoms with van der Waals surface area (Å²) in [5.41, 5.74) is 13.3. The Hall–Kier alpha value is -7.50. The zero-order valence-corrected chi connectivity index (χ0v) is 29.5. The summed E-state index contributed by atoms with van der Waals surface area (Å²) in [6.07, 6.45) is 0. The van der Waals surface area contributed by atoms with Crippen LogP contribution in [0.3, 0.4) is 0 Å². The zero-order chi connectivity index (χ0) is 36.0. The van der Waals surface area contributed by atoms with E-state index in [4.69, 9.17) is 14.4 Å². The molecule has 0 aliphatic rings. The van der Waals surface area contributed by atoms with Crippen LogP contribution >= 0.6 is 0 Å². The number of para-hydroxylation sites is 6. The highest BCUT2D eigenvalue weighted by Crippen LogP contribution is 2.40. The summed E-state index contributed by atoms with van der Waals surface area (Å²) in [7, 11) is 0. The molecular weight excluding hydrogens is 673 g/mol. The maximum Gasteiger partial charge on any atom is 0.165 e. The van der Waals surface area contributed by atoms with Gasteiger partial charge >= 0.3 is 0 Å². The van der Waals surface area contributed by atoms with Crippen molar-refractivity contribution in [3.8, 4) is 33.9 Å². The molecule has 8 aromatic carbocycles. The van der Waals surface area contributed by atoms with Crippen molar-refractivity contribution in [3.63, 3.8) is 0 Å². The molecule has 12 rings (SSSR count). The molecule has 0 N–H and O–H groups in total. The van der Waals surface area contributed by atoms with Gasteiger partial charge in [-0.05, 0) is 96.1 Å². The number of aromatic nitrogens is 4. The van der Waals surface area contributed by atoms with E-state index in [-0.39, 0.29) is 0 Å². The summed E-state index contributed by atoms with van der Waals surface area (Å²) in [6.45, 7) is 0. The highest BCUT2D eigenvalue weighted by molar-refractivity contribution is 6.13. The van der Waals surface area contributed by atoms with Gasteiger partial charge in [-0.15, -0.1) is 0 Å². The first-order chi connectivity index (χ1) is 27.3. The van der Waals surface area contributed by atoms with E-state index in [2.05, 4.69) is 155 Å². The summed E-state index contributed by atoms with van der Waals surface area (Å²) in [5, 5.41) is 6.95. The molecule has 5 nitrogen and oxygen atoms in total. The molecule has 0 unspecified atom stereocenters. The van der Waals surface area contributed by atoms with Crippen LogP contribution in [0.15, 0.2) is 186 Å². The minimum absolute atomic E-state index is 0.792. The average molecular weight is 703 g/mol. The molecule has 0 atom stereocenters. The van der Waals surface area contributed by atoms with E-state index in [1.165, 1.54) is 32.8 Å². The maximum atomic E-state index is 6.20. The predicted molar refractivity (Wildman–Crippen MR) is 226 cm³/mol. The lowest BCUT2D eigenvalue weighted by atomic mass is 10.0. The summed E-state index contributed by atoms with van der Waals surface area (Å²) >= 11 is 0. The van der Waals surface area contributed by atoms with E-state index in [1.54, 1.807) is 0 Å². The van der Waals surface area contributed by atoms with Crippen molar-refractivity contribution >= 4 is 76.6 Å². The molecule has 4 heterocycles. The molecule has 0 saturated heterocycles. The monoisotopic (exact) mass is 702 g/mol. The summed E-state index contributed by atoms with van der Waals surface area (Å²) in [5.74, 6) is 0.792. The molecule has 0 spiro atoms. The smallest absolute Gasteiger partial charge is 0.165 e. The van der Waals surface area contributed by atoms with Crippen molar-refractivity contribution < 1.29 is 4.42 Å². The Balaban J connectivity index is 1.08. The van der Waals surface area contributed by atoms with Gasteiger partial charge in [0.05, 0.1) is 33.1 Å². The highest BCUT2D eigenvalue weighted by Gasteiger charge is 2.21. The van der Waals surface area contributed by atoms with Crippen molar-refractivity contribution in [2.75, 3.05) is 0 Å². The molecule has 4 aromatic heterocycles. The van der Waals surface area contributed by atoms with E-state index < -0.39 is 0 Å². The molecule has 0 fully saturated rings. The molecule has 0 saturated carbocycles. The lowest BCUT2D eigenvalue weighted by molar-refractivity contribution is 0.669. The van der Waals surface area contributed by atoms with Crippen LogP contribution in [0.4, 0.5) is 0 Å². The second-order valence-electron chi connectivity index (χ2n) is 14.2. The molecule has 0 amide bonds. The third-order valence-corrected chi connectivity index (χ3v) is 11.1. The van der Waals surface area contributed by atoms with Crippen molar-refractivity contribution in [1.29, 1.82) is 0 Å². The molecule has 0 aliphatic heterocycles. The van der Waals surface area contributed by atoms with Gasteiger partial charge in [-0.1, -0.05) is 97.1 Å². The molecule has 256 valence electrons. The number of benzene rings is 8. The molecule has 5 heteroatoms. The Morgan fingerprint density at radius 2 is 0.855 bits per heavy atom. The predicted octanol–water partition coefficient (Wildman–Crippen LogP) is 13.1. The number of fused-ring (bicyclic) bond motifs is 10. The van der Waals surface area contributed by atoms with Gasteiger partial charge in [0.2, 0.25) is 0 Å². The highest BCUT2D eigenvalue weighted by atomic mass is 16.3. The largest absolute Gasteiger partial charge is 0.456 e. The van der Waals surface area contributed by atoms with Crippen LogP contribution < -0.4 is 0 Å². The summed E-state index contributed by atoms with van der Waals surface area (Å²) in [4.78, 5) is 10.7. The first-order valence-corrected chi connectivity index (χ1v) is 18.6. The number of furan rings is 1. The molecule has 12 aromatic rings. The zero-order valence-electron chi connectivity index (χ0n) is 29.5. The average Bonchev–Trinajstić information content (AvgIpc) is 3.90. The first-order valence-electron chi connectivity index (χ1n) is 18.6. The van der Waals surface area contributed by atoms with Crippen LogP contribution in [0, 0.1) is 0 Å². The Kier molecular flexibility index (Phi) is 6.27. The van der Waals surface area contributed by atoms with Gasteiger partial charge in [-0.25, -0.2) is 9.97 Å². The fourth-order valence-electron chi connectivity index (χ4n) is 8.60. The molecule has 0 bridgehead atoms. The quantitative estimate of drug-likeness (QED) is 0.183. The van der Waals surface area contributed by atoms with E-state index in [9.17, 15) is 0 Å².